The van der Waals surface area contributed by atoms with Gasteiger partial charge in [0, 0.05) is 6.04 Å². The molecule has 0 aromatic heterocycles. The van der Waals surface area contributed by atoms with E-state index in [0.717, 1.165) is 11.8 Å². The van der Waals surface area contributed by atoms with Crippen LogP contribution in [0.4, 0.5) is 0 Å². The fourth-order valence-corrected chi connectivity index (χ4v) is 1.82. The van der Waals surface area contributed by atoms with E-state index in [2.05, 4.69) is 34.6 Å². The van der Waals surface area contributed by atoms with Crippen LogP contribution >= 0.6 is 0 Å². The van der Waals surface area contributed by atoms with Gasteiger partial charge in [-0.15, -0.1) is 0 Å². The summed E-state index contributed by atoms with van der Waals surface area (Å²) >= 11 is 0. The quantitative estimate of drug-likeness (QED) is 0.674. The maximum absolute atomic E-state index is 6.17. The van der Waals surface area contributed by atoms with Gasteiger partial charge in [0.2, 0.25) is 0 Å². The van der Waals surface area contributed by atoms with Gasteiger partial charge in [-0.3, -0.25) is 0 Å². The lowest BCUT2D eigenvalue weighted by molar-refractivity contribution is 0.275. The first-order chi connectivity index (χ1) is 6.02. The maximum atomic E-state index is 6.17. The molecule has 0 heterocycles. The molecule has 0 amide bonds. The molecular weight excluding hydrogens is 158 g/mol. The van der Waals surface area contributed by atoms with Crippen LogP contribution in [0.25, 0.3) is 0 Å². The monoisotopic (exact) mass is 185 g/mol. The number of hydrogen-bond donors (Lipinski definition) is 1. The highest BCUT2D eigenvalue weighted by molar-refractivity contribution is 4.76. The summed E-state index contributed by atoms with van der Waals surface area (Å²) in [4.78, 5) is 0. The molecule has 0 spiro atoms. The highest BCUT2D eigenvalue weighted by Gasteiger charge is 2.20. The minimum atomic E-state index is 0.388. The Labute approximate surface area is 84.1 Å². The van der Waals surface area contributed by atoms with E-state index in [0.29, 0.717) is 12.0 Å². The molecule has 1 nitrogen and oxygen atoms in total. The van der Waals surface area contributed by atoms with Crippen molar-refractivity contribution in [1.29, 1.82) is 0 Å². The summed E-state index contributed by atoms with van der Waals surface area (Å²) < 4.78 is 0. The van der Waals surface area contributed by atoms with Crippen LogP contribution in [0.5, 0.6) is 0 Å². The van der Waals surface area contributed by atoms with Crippen molar-refractivity contribution in [2.75, 3.05) is 0 Å². The Bertz CT molecular complexity index is 120. The predicted molar refractivity (Wildman–Crippen MR) is 60.7 cm³/mol. The molecule has 0 rings (SSSR count). The molecule has 1 heteroatoms. The standard InChI is InChI=1S/C12H27N/c1-6-10(5)8-11(7-2)12(13)9(3)4/h9-12H,6-8,13H2,1-5H3. The third-order valence-corrected chi connectivity index (χ3v) is 3.24. The molecule has 0 saturated carbocycles. The van der Waals surface area contributed by atoms with Crippen LogP contribution in [0.2, 0.25) is 0 Å². The average Bonchev–Trinajstić information content (AvgIpc) is 2.12. The number of hydrogen-bond acceptors (Lipinski definition) is 1. The second-order valence-corrected chi connectivity index (χ2v) is 4.74. The van der Waals surface area contributed by atoms with Crippen molar-refractivity contribution in [2.45, 2.75) is 59.9 Å². The van der Waals surface area contributed by atoms with Crippen molar-refractivity contribution in [3.05, 3.63) is 0 Å². The van der Waals surface area contributed by atoms with E-state index < -0.39 is 0 Å². The summed E-state index contributed by atoms with van der Waals surface area (Å²) in [5, 5.41) is 0. The van der Waals surface area contributed by atoms with Crippen LogP contribution in [-0.4, -0.2) is 6.04 Å². The molecule has 2 N–H and O–H groups in total. The molecule has 0 aliphatic carbocycles. The van der Waals surface area contributed by atoms with E-state index in [1.54, 1.807) is 0 Å². The minimum absolute atomic E-state index is 0.388. The zero-order valence-electron chi connectivity index (χ0n) is 10.0. The summed E-state index contributed by atoms with van der Waals surface area (Å²) in [7, 11) is 0. The highest BCUT2D eigenvalue weighted by atomic mass is 14.7. The molecule has 0 fully saturated rings. The largest absolute Gasteiger partial charge is 0.327 e. The second kappa shape index (κ2) is 6.42. The summed E-state index contributed by atoms with van der Waals surface area (Å²) in [6.45, 7) is 11.3. The summed E-state index contributed by atoms with van der Waals surface area (Å²) in [5.41, 5.74) is 6.17. The van der Waals surface area contributed by atoms with E-state index in [1.165, 1.54) is 19.3 Å². The Morgan fingerprint density at radius 1 is 1.00 bits per heavy atom. The summed E-state index contributed by atoms with van der Waals surface area (Å²) in [5.74, 6) is 2.17. The molecule has 3 unspecified atom stereocenters. The van der Waals surface area contributed by atoms with Gasteiger partial charge in [-0.1, -0.05) is 47.5 Å². The normalized spacial score (nSPS) is 18.7. The van der Waals surface area contributed by atoms with Gasteiger partial charge in [-0.2, -0.15) is 0 Å². The topological polar surface area (TPSA) is 26.0 Å². The Kier molecular flexibility index (Phi) is 6.40. The molecule has 80 valence electrons. The molecular formula is C12H27N. The SMILES string of the molecule is CCC(C)CC(CC)C(N)C(C)C. The first kappa shape index (κ1) is 13.0. The molecule has 0 aliphatic rings. The van der Waals surface area contributed by atoms with E-state index >= 15 is 0 Å². The molecule has 0 bridgehead atoms. The van der Waals surface area contributed by atoms with Gasteiger partial charge in [0.15, 0.2) is 0 Å². The summed E-state index contributed by atoms with van der Waals surface area (Å²) in [6, 6.07) is 0.388. The molecule has 0 saturated heterocycles. The van der Waals surface area contributed by atoms with E-state index in [9.17, 15) is 0 Å². The van der Waals surface area contributed by atoms with Crippen LogP contribution in [0.1, 0.15) is 53.9 Å². The third-order valence-electron chi connectivity index (χ3n) is 3.24. The lowest BCUT2D eigenvalue weighted by Gasteiger charge is -2.27. The van der Waals surface area contributed by atoms with Gasteiger partial charge in [-0.25, -0.2) is 0 Å². The third kappa shape index (κ3) is 4.66. The molecule has 3 atom stereocenters. The van der Waals surface area contributed by atoms with Crippen LogP contribution in [0.3, 0.4) is 0 Å². The lowest BCUT2D eigenvalue weighted by Crippen LogP contribution is -2.35. The fraction of sp³-hybridized carbons (Fsp3) is 1.00. The van der Waals surface area contributed by atoms with Gasteiger partial charge in [0.1, 0.15) is 0 Å². The zero-order valence-corrected chi connectivity index (χ0v) is 10.0. The van der Waals surface area contributed by atoms with Crippen molar-refractivity contribution in [1.82, 2.24) is 0 Å². The van der Waals surface area contributed by atoms with Gasteiger partial charge in [0.05, 0.1) is 0 Å². The average molecular weight is 185 g/mol. The van der Waals surface area contributed by atoms with E-state index in [-0.39, 0.29) is 0 Å². The first-order valence-electron chi connectivity index (χ1n) is 5.78. The van der Waals surface area contributed by atoms with Gasteiger partial charge in [-0.05, 0) is 24.2 Å². The van der Waals surface area contributed by atoms with Crippen LogP contribution in [0.15, 0.2) is 0 Å². The zero-order chi connectivity index (χ0) is 10.4. The summed E-state index contributed by atoms with van der Waals surface area (Å²) in [6.07, 6.45) is 3.80. The number of rotatable bonds is 6. The van der Waals surface area contributed by atoms with Gasteiger partial charge < -0.3 is 5.73 Å². The molecule has 0 aromatic carbocycles. The molecule has 13 heavy (non-hydrogen) atoms. The highest BCUT2D eigenvalue weighted by Crippen LogP contribution is 2.23. The Hall–Kier alpha value is -0.0400. The van der Waals surface area contributed by atoms with Gasteiger partial charge in [0.25, 0.3) is 0 Å². The number of nitrogens with two attached hydrogens (primary N) is 1. The molecule has 0 aromatic rings. The van der Waals surface area contributed by atoms with Crippen molar-refractivity contribution in [2.24, 2.45) is 23.5 Å². The van der Waals surface area contributed by atoms with Crippen LogP contribution in [-0.2, 0) is 0 Å². The van der Waals surface area contributed by atoms with Crippen molar-refractivity contribution in [3.63, 3.8) is 0 Å². The fourth-order valence-electron chi connectivity index (χ4n) is 1.82. The lowest BCUT2D eigenvalue weighted by atomic mass is 9.82. The van der Waals surface area contributed by atoms with Crippen LogP contribution < -0.4 is 5.73 Å². The van der Waals surface area contributed by atoms with Gasteiger partial charge >= 0.3 is 0 Å². The Morgan fingerprint density at radius 3 is 1.85 bits per heavy atom. The van der Waals surface area contributed by atoms with E-state index in [1.807, 2.05) is 0 Å². The van der Waals surface area contributed by atoms with Crippen LogP contribution in [0, 0.1) is 17.8 Å². The van der Waals surface area contributed by atoms with Crippen molar-refractivity contribution in [3.8, 4) is 0 Å². The van der Waals surface area contributed by atoms with E-state index in [4.69, 9.17) is 5.73 Å². The Morgan fingerprint density at radius 2 is 1.54 bits per heavy atom. The maximum Gasteiger partial charge on any atom is 0.00903 e. The second-order valence-electron chi connectivity index (χ2n) is 4.74. The Balaban J connectivity index is 4.01. The molecule has 0 radical (unpaired) electrons. The van der Waals surface area contributed by atoms with Crippen molar-refractivity contribution >= 4 is 0 Å². The first-order valence-corrected chi connectivity index (χ1v) is 5.78. The minimum Gasteiger partial charge on any atom is -0.327 e. The van der Waals surface area contributed by atoms with Crippen molar-refractivity contribution < 1.29 is 0 Å². The smallest absolute Gasteiger partial charge is 0.00903 e. The molecule has 0 aliphatic heterocycles. The predicted octanol–water partition coefficient (Wildman–Crippen LogP) is 3.43.